The maximum absolute atomic E-state index is 12.2. The predicted octanol–water partition coefficient (Wildman–Crippen LogP) is 2.56. The van der Waals surface area contributed by atoms with Gasteiger partial charge in [0.15, 0.2) is 0 Å². The summed E-state index contributed by atoms with van der Waals surface area (Å²) < 4.78 is 0. The van der Waals surface area contributed by atoms with E-state index in [4.69, 9.17) is 0 Å². The van der Waals surface area contributed by atoms with Crippen LogP contribution in [-0.4, -0.2) is 24.4 Å². The molecule has 2 N–H and O–H groups in total. The minimum absolute atomic E-state index is 0.105. The maximum Gasteiger partial charge on any atom is 0.282 e. The SMILES string of the molecule is CCC1(CNC(=O)c2cc(NC)ccc2[N+](=O)[O-])CC1. The van der Waals surface area contributed by atoms with E-state index >= 15 is 0 Å². The van der Waals surface area contributed by atoms with Crippen LogP contribution in [0.2, 0.25) is 0 Å². The molecule has 0 aromatic heterocycles. The van der Waals surface area contributed by atoms with E-state index in [-0.39, 0.29) is 22.6 Å². The fraction of sp³-hybridized carbons (Fsp3) is 0.500. The third-order valence-electron chi connectivity index (χ3n) is 4.06. The van der Waals surface area contributed by atoms with Gasteiger partial charge in [0.1, 0.15) is 5.56 Å². The van der Waals surface area contributed by atoms with Crippen LogP contribution in [0.3, 0.4) is 0 Å². The standard InChI is InChI=1S/C14H19N3O3/c1-3-14(6-7-14)9-16-13(18)11-8-10(15-2)4-5-12(11)17(19)20/h4-5,8,15H,3,6-7,9H2,1-2H3,(H,16,18). The summed E-state index contributed by atoms with van der Waals surface area (Å²) in [5, 5.41) is 16.7. The molecule has 1 aromatic carbocycles. The van der Waals surface area contributed by atoms with E-state index in [9.17, 15) is 14.9 Å². The highest BCUT2D eigenvalue weighted by molar-refractivity contribution is 5.99. The zero-order valence-electron chi connectivity index (χ0n) is 11.7. The van der Waals surface area contributed by atoms with Crippen LogP contribution in [0.1, 0.15) is 36.5 Å². The van der Waals surface area contributed by atoms with Crippen molar-refractivity contribution in [2.24, 2.45) is 5.41 Å². The molecule has 0 radical (unpaired) electrons. The lowest BCUT2D eigenvalue weighted by atomic mass is 10.0. The molecule has 0 bridgehead atoms. The van der Waals surface area contributed by atoms with E-state index in [2.05, 4.69) is 17.6 Å². The van der Waals surface area contributed by atoms with Crippen LogP contribution in [0.5, 0.6) is 0 Å². The lowest BCUT2D eigenvalue weighted by Crippen LogP contribution is -2.30. The Kier molecular flexibility index (Phi) is 3.92. The van der Waals surface area contributed by atoms with Gasteiger partial charge in [0, 0.05) is 25.3 Å². The van der Waals surface area contributed by atoms with Crippen molar-refractivity contribution in [1.82, 2.24) is 5.32 Å². The highest BCUT2D eigenvalue weighted by Gasteiger charge is 2.40. The molecular formula is C14H19N3O3. The van der Waals surface area contributed by atoms with Gasteiger partial charge in [-0.2, -0.15) is 0 Å². The summed E-state index contributed by atoms with van der Waals surface area (Å²) in [5.41, 5.74) is 0.833. The lowest BCUT2D eigenvalue weighted by Gasteiger charge is -2.13. The van der Waals surface area contributed by atoms with Crippen LogP contribution in [0.4, 0.5) is 11.4 Å². The monoisotopic (exact) mass is 277 g/mol. The molecule has 6 heteroatoms. The molecule has 20 heavy (non-hydrogen) atoms. The van der Waals surface area contributed by atoms with Crippen molar-refractivity contribution < 1.29 is 9.72 Å². The number of nitro benzene ring substituents is 1. The van der Waals surface area contributed by atoms with Gasteiger partial charge in [-0.1, -0.05) is 6.92 Å². The van der Waals surface area contributed by atoms with Crippen LogP contribution < -0.4 is 10.6 Å². The Morgan fingerprint density at radius 2 is 2.15 bits per heavy atom. The smallest absolute Gasteiger partial charge is 0.282 e. The van der Waals surface area contributed by atoms with Gasteiger partial charge in [-0.25, -0.2) is 0 Å². The Morgan fingerprint density at radius 1 is 1.45 bits per heavy atom. The highest BCUT2D eigenvalue weighted by atomic mass is 16.6. The van der Waals surface area contributed by atoms with Crippen LogP contribution >= 0.6 is 0 Å². The van der Waals surface area contributed by atoms with Crippen molar-refractivity contribution in [2.75, 3.05) is 18.9 Å². The Morgan fingerprint density at radius 3 is 2.65 bits per heavy atom. The Hall–Kier alpha value is -2.11. The van der Waals surface area contributed by atoms with Gasteiger partial charge in [-0.3, -0.25) is 14.9 Å². The average molecular weight is 277 g/mol. The van der Waals surface area contributed by atoms with E-state index in [1.54, 1.807) is 13.1 Å². The summed E-state index contributed by atoms with van der Waals surface area (Å²) in [5.74, 6) is -0.381. The average Bonchev–Trinajstić information content (AvgIpc) is 3.24. The molecule has 0 unspecified atom stereocenters. The van der Waals surface area contributed by atoms with Crippen molar-refractivity contribution in [3.63, 3.8) is 0 Å². The summed E-state index contributed by atoms with van der Waals surface area (Å²) in [6, 6.07) is 4.45. The van der Waals surface area contributed by atoms with Gasteiger partial charge in [0.05, 0.1) is 4.92 Å². The number of nitro groups is 1. The molecule has 1 aliphatic rings. The van der Waals surface area contributed by atoms with Crippen LogP contribution in [0.15, 0.2) is 18.2 Å². The molecule has 1 aromatic rings. The first-order valence-corrected chi connectivity index (χ1v) is 6.76. The van der Waals surface area contributed by atoms with Crippen molar-refractivity contribution in [2.45, 2.75) is 26.2 Å². The number of anilines is 1. The largest absolute Gasteiger partial charge is 0.388 e. The quantitative estimate of drug-likeness (QED) is 0.618. The molecule has 108 valence electrons. The third kappa shape index (κ3) is 2.89. The summed E-state index contributed by atoms with van der Waals surface area (Å²) in [4.78, 5) is 22.7. The van der Waals surface area contributed by atoms with Gasteiger partial charge >= 0.3 is 0 Å². The van der Waals surface area contributed by atoms with Crippen LogP contribution in [0.25, 0.3) is 0 Å². The second-order valence-electron chi connectivity index (χ2n) is 5.28. The number of hydrogen-bond donors (Lipinski definition) is 2. The van der Waals surface area contributed by atoms with E-state index < -0.39 is 4.92 Å². The fourth-order valence-electron chi connectivity index (χ4n) is 2.23. The minimum Gasteiger partial charge on any atom is -0.388 e. The molecule has 1 saturated carbocycles. The molecule has 0 saturated heterocycles. The Labute approximate surface area is 117 Å². The number of benzene rings is 1. The highest BCUT2D eigenvalue weighted by Crippen LogP contribution is 2.47. The summed E-state index contributed by atoms with van der Waals surface area (Å²) in [6.07, 6.45) is 3.25. The number of nitrogens with one attached hydrogen (secondary N) is 2. The van der Waals surface area contributed by atoms with Crippen molar-refractivity contribution in [1.29, 1.82) is 0 Å². The maximum atomic E-state index is 12.2. The second-order valence-corrected chi connectivity index (χ2v) is 5.28. The molecule has 0 spiro atoms. The van der Waals surface area contributed by atoms with E-state index in [0.29, 0.717) is 12.2 Å². The number of carbonyl (C=O) groups is 1. The number of nitrogens with zero attached hydrogens (tertiary/aromatic N) is 1. The molecule has 1 aliphatic carbocycles. The van der Waals surface area contributed by atoms with Gasteiger partial charge < -0.3 is 10.6 Å². The third-order valence-corrected chi connectivity index (χ3v) is 4.06. The normalized spacial score (nSPS) is 15.5. The molecule has 0 aliphatic heterocycles. The number of hydrogen-bond acceptors (Lipinski definition) is 4. The zero-order chi connectivity index (χ0) is 14.8. The molecule has 0 atom stereocenters. The van der Waals surface area contributed by atoms with Crippen LogP contribution in [-0.2, 0) is 0 Å². The van der Waals surface area contributed by atoms with Crippen LogP contribution in [0, 0.1) is 15.5 Å². The van der Waals surface area contributed by atoms with E-state index in [1.807, 2.05) is 0 Å². The van der Waals surface area contributed by atoms with Gasteiger partial charge in [-0.15, -0.1) is 0 Å². The first-order chi connectivity index (χ1) is 9.51. The molecule has 6 nitrogen and oxygen atoms in total. The Bertz CT molecular complexity index is 538. The molecule has 0 heterocycles. The van der Waals surface area contributed by atoms with Crippen molar-refractivity contribution >= 4 is 17.3 Å². The van der Waals surface area contributed by atoms with E-state index in [1.165, 1.54) is 12.1 Å². The topological polar surface area (TPSA) is 84.3 Å². The van der Waals surface area contributed by atoms with Gasteiger partial charge in [-0.05, 0) is 36.8 Å². The summed E-state index contributed by atoms with van der Waals surface area (Å²) in [7, 11) is 1.71. The molecule has 2 rings (SSSR count). The lowest BCUT2D eigenvalue weighted by molar-refractivity contribution is -0.385. The fourth-order valence-corrected chi connectivity index (χ4v) is 2.23. The van der Waals surface area contributed by atoms with E-state index in [0.717, 1.165) is 19.3 Å². The van der Waals surface area contributed by atoms with Gasteiger partial charge in [0.25, 0.3) is 11.6 Å². The summed E-state index contributed by atoms with van der Waals surface area (Å²) in [6.45, 7) is 2.69. The predicted molar refractivity (Wildman–Crippen MR) is 76.9 cm³/mol. The summed E-state index contributed by atoms with van der Waals surface area (Å²) >= 11 is 0. The number of rotatable bonds is 6. The number of carbonyl (C=O) groups excluding carboxylic acids is 1. The first kappa shape index (κ1) is 14.3. The minimum atomic E-state index is -0.527. The number of amides is 1. The zero-order valence-corrected chi connectivity index (χ0v) is 11.7. The molecular weight excluding hydrogens is 258 g/mol. The van der Waals surface area contributed by atoms with Crippen molar-refractivity contribution in [3.05, 3.63) is 33.9 Å². The first-order valence-electron chi connectivity index (χ1n) is 6.76. The molecule has 1 amide bonds. The van der Waals surface area contributed by atoms with Gasteiger partial charge in [0.2, 0.25) is 0 Å². The Balaban J connectivity index is 2.16. The van der Waals surface area contributed by atoms with Crippen molar-refractivity contribution in [3.8, 4) is 0 Å². The second kappa shape index (κ2) is 5.48. The molecule has 1 fully saturated rings.